The van der Waals surface area contributed by atoms with Crippen molar-refractivity contribution >= 4 is 11.6 Å². The van der Waals surface area contributed by atoms with Crippen LogP contribution in [-0.4, -0.2) is 29.0 Å². The average Bonchev–Trinajstić information content (AvgIpc) is 3.14. The molecule has 1 amide bonds. The number of nitrogens with zero attached hydrogens (tertiary/aromatic N) is 2. The Kier molecular flexibility index (Phi) is 5.42. The van der Waals surface area contributed by atoms with E-state index in [2.05, 4.69) is 10.3 Å². The van der Waals surface area contributed by atoms with Gasteiger partial charge in [0.15, 0.2) is 11.6 Å². The number of methoxy groups -OCH3 is 1. The van der Waals surface area contributed by atoms with E-state index in [4.69, 9.17) is 9.47 Å². The summed E-state index contributed by atoms with van der Waals surface area (Å²) in [6.07, 6.45) is 2.23. The van der Waals surface area contributed by atoms with E-state index in [1.807, 2.05) is 24.3 Å². The average molecular weight is 415 g/mol. The highest BCUT2D eigenvalue weighted by atomic mass is 19.2. The van der Waals surface area contributed by atoms with Gasteiger partial charge in [0.25, 0.3) is 5.91 Å². The molecule has 1 N–H and O–H groups in total. The maximum atomic E-state index is 13.8. The fraction of sp³-hybridized carbons (Fsp3) is 0.364. The predicted octanol–water partition coefficient (Wildman–Crippen LogP) is 4.14. The third-order valence-electron chi connectivity index (χ3n) is 5.24. The van der Waals surface area contributed by atoms with Crippen molar-refractivity contribution in [1.29, 1.82) is 0 Å². The number of benzene rings is 1. The first-order chi connectivity index (χ1) is 14.4. The second-order valence-electron chi connectivity index (χ2n) is 7.65. The quantitative estimate of drug-likeness (QED) is 0.680. The standard InChI is InChI=1S/C22H23F2N3O3/c1-12(2)19-8-13(11-29-3)27-6-4-14(21(27)25-19)22(28)26-18-5-7-30-20-10-17(24)16(23)9-15(18)20/h4,6,8-10,12,18H,5,7,11H2,1-3H3,(H,26,28). The van der Waals surface area contributed by atoms with E-state index in [-0.39, 0.29) is 17.6 Å². The maximum absolute atomic E-state index is 13.8. The molecule has 0 saturated heterocycles. The Morgan fingerprint density at radius 3 is 2.83 bits per heavy atom. The Labute approximate surface area is 172 Å². The fourth-order valence-electron chi connectivity index (χ4n) is 3.67. The van der Waals surface area contributed by atoms with Gasteiger partial charge in [-0.05, 0) is 24.1 Å². The lowest BCUT2D eigenvalue weighted by atomic mass is 10.00. The number of hydrogen-bond acceptors (Lipinski definition) is 4. The molecule has 2 aromatic heterocycles. The third kappa shape index (κ3) is 3.63. The molecule has 3 heterocycles. The molecule has 0 spiro atoms. The smallest absolute Gasteiger partial charge is 0.255 e. The number of carbonyl (C=O) groups excluding carboxylic acids is 1. The van der Waals surface area contributed by atoms with E-state index in [0.717, 1.165) is 23.5 Å². The fourth-order valence-corrected chi connectivity index (χ4v) is 3.67. The van der Waals surface area contributed by atoms with Crippen LogP contribution in [0.4, 0.5) is 8.78 Å². The molecule has 6 nitrogen and oxygen atoms in total. The molecular weight excluding hydrogens is 392 g/mol. The van der Waals surface area contributed by atoms with E-state index in [0.29, 0.717) is 36.4 Å². The number of halogens is 2. The van der Waals surface area contributed by atoms with Crippen molar-refractivity contribution in [3.63, 3.8) is 0 Å². The van der Waals surface area contributed by atoms with Gasteiger partial charge in [-0.3, -0.25) is 4.79 Å². The highest BCUT2D eigenvalue weighted by Crippen LogP contribution is 2.34. The van der Waals surface area contributed by atoms with Crippen molar-refractivity contribution < 1.29 is 23.0 Å². The maximum Gasteiger partial charge on any atom is 0.255 e. The lowest BCUT2D eigenvalue weighted by Gasteiger charge is -2.26. The molecule has 1 atom stereocenters. The molecule has 30 heavy (non-hydrogen) atoms. The van der Waals surface area contributed by atoms with Crippen LogP contribution in [-0.2, 0) is 11.3 Å². The molecule has 0 aliphatic carbocycles. The van der Waals surface area contributed by atoms with E-state index < -0.39 is 17.7 Å². The predicted molar refractivity (Wildman–Crippen MR) is 107 cm³/mol. The second kappa shape index (κ2) is 8.02. The molecule has 1 aliphatic heterocycles. The summed E-state index contributed by atoms with van der Waals surface area (Å²) in [5, 5.41) is 2.92. The molecule has 0 bridgehead atoms. The molecule has 8 heteroatoms. The topological polar surface area (TPSA) is 64.9 Å². The normalized spacial score (nSPS) is 15.9. The summed E-state index contributed by atoms with van der Waals surface area (Å²) >= 11 is 0. The van der Waals surface area contributed by atoms with Gasteiger partial charge in [-0.2, -0.15) is 0 Å². The first kappa shape index (κ1) is 20.3. The number of ether oxygens (including phenoxy) is 2. The molecule has 0 saturated carbocycles. The zero-order valence-electron chi connectivity index (χ0n) is 17.0. The number of hydrogen-bond donors (Lipinski definition) is 1. The number of rotatable bonds is 5. The van der Waals surface area contributed by atoms with Crippen molar-refractivity contribution in [1.82, 2.24) is 14.7 Å². The summed E-state index contributed by atoms with van der Waals surface area (Å²) in [4.78, 5) is 17.8. The number of carbonyl (C=O) groups is 1. The van der Waals surface area contributed by atoms with Gasteiger partial charge in [0.2, 0.25) is 0 Å². The van der Waals surface area contributed by atoms with E-state index in [1.54, 1.807) is 19.4 Å². The first-order valence-corrected chi connectivity index (χ1v) is 9.81. The van der Waals surface area contributed by atoms with Gasteiger partial charge in [0.1, 0.15) is 11.4 Å². The minimum atomic E-state index is -0.977. The van der Waals surface area contributed by atoms with Gasteiger partial charge < -0.3 is 19.2 Å². The Morgan fingerprint density at radius 2 is 2.10 bits per heavy atom. The summed E-state index contributed by atoms with van der Waals surface area (Å²) in [6.45, 7) is 4.75. The minimum Gasteiger partial charge on any atom is -0.493 e. The summed E-state index contributed by atoms with van der Waals surface area (Å²) in [5.74, 6) is -1.86. The Bertz CT molecular complexity index is 1110. The minimum absolute atomic E-state index is 0.177. The Morgan fingerprint density at radius 1 is 1.33 bits per heavy atom. The third-order valence-corrected chi connectivity index (χ3v) is 5.24. The van der Waals surface area contributed by atoms with Crippen LogP contribution < -0.4 is 10.1 Å². The molecule has 158 valence electrons. The zero-order valence-corrected chi connectivity index (χ0v) is 17.0. The van der Waals surface area contributed by atoms with Crippen molar-refractivity contribution in [2.75, 3.05) is 13.7 Å². The summed E-state index contributed by atoms with van der Waals surface area (Å²) in [5.41, 5.74) is 3.11. The van der Waals surface area contributed by atoms with E-state index in [1.165, 1.54) is 0 Å². The van der Waals surface area contributed by atoms with Crippen LogP contribution in [0.3, 0.4) is 0 Å². The lowest BCUT2D eigenvalue weighted by Crippen LogP contribution is -2.32. The highest BCUT2D eigenvalue weighted by molar-refractivity contribution is 6.00. The van der Waals surface area contributed by atoms with Crippen LogP contribution >= 0.6 is 0 Å². The van der Waals surface area contributed by atoms with Crippen LogP contribution in [0.1, 0.15) is 59.5 Å². The number of aromatic nitrogens is 2. The molecule has 1 aliphatic rings. The van der Waals surface area contributed by atoms with Crippen LogP contribution in [0.2, 0.25) is 0 Å². The van der Waals surface area contributed by atoms with Gasteiger partial charge in [0, 0.05) is 37.1 Å². The molecule has 3 aromatic rings. The number of fused-ring (bicyclic) bond motifs is 2. The number of nitrogens with one attached hydrogen (secondary N) is 1. The van der Waals surface area contributed by atoms with Crippen LogP contribution in [0.5, 0.6) is 5.75 Å². The SMILES string of the molecule is COCc1cc(C(C)C)nc2c(C(=O)NC3CCOc4cc(F)c(F)cc43)ccn12. The van der Waals surface area contributed by atoms with Crippen molar-refractivity contribution in [3.05, 3.63) is 64.6 Å². The Balaban J connectivity index is 1.69. The zero-order chi connectivity index (χ0) is 21.4. The second-order valence-corrected chi connectivity index (χ2v) is 7.65. The van der Waals surface area contributed by atoms with Crippen LogP contribution in [0.25, 0.3) is 5.65 Å². The van der Waals surface area contributed by atoms with Gasteiger partial charge in [-0.1, -0.05) is 13.8 Å². The van der Waals surface area contributed by atoms with Gasteiger partial charge in [-0.15, -0.1) is 0 Å². The van der Waals surface area contributed by atoms with Gasteiger partial charge >= 0.3 is 0 Å². The first-order valence-electron chi connectivity index (χ1n) is 9.81. The molecule has 0 radical (unpaired) electrons. The molecule has 1 aromatic carbocycles. The molecule has 0 fully saturated rings. The van der Waals surface area contributed by atoms with Gasteiger partial charge in [0.05, 0.1) is 30.5 Å². The molecule has 4 rings (SSSR count). The van der Waals surface area contributed by atoms with Crippen LogP contribution in [0, 0.1) is 11.6 Å². The molecule has 1 unspecified atom stereocenters. The number of amides is 1. The van der Waals surface area contributed by atoms with E-state index >= 15 is 0 Å². The van der Waals surface area contributed by atoms with E-state index in [9.17, 15) is 13.6 Å². The van der Waals surface area contributed by atoms with Crippen LogP contribution in [0.15, 0.2) is 30.5 Å². The Hall–Kier alpha value is -3.00. The summed E-state index contributed by atoms with van der Waals surface area (Å²) in [7, 11) is 1.61. The summed E-state index contributed by atoms with van der Waals surface area (Å²) < 4.78 is 39.9. The lowest BCUT2D eigenvalue weighted by molar-refractivity contribution is 0.0926. The highest BCUT2D eigenvalue weighted by Gasteiger charge is 2.27. The largest absolute Gasteiger partial charge is 0.493 e. The van der Waals surface area contributed by atoms with Crippen molar-refractivity contribution in [2.45, 2.75) is 38.8 Å². The van der Waals surface area contributed by atoms with Gasteiger partial charge in [-0.25, -0.2) is 13.8 Å². The van der Waals surface area contributed by atoms with Crippen molar-refractivity contribution in [2.24, 2.45) is 0 Å². The molecular formula is C22H23F2N3O3. The monoisotopic (exact) mass is 415 g/mol. The van der Waals surface area contributed by atoms with Crippen molar-refractivity contribution in [3.8, 4) is 5.75 Å². The summed E-state index contributed by atoms with van der Waals surface area (Å²) in [6, 6.07) is 5.28.